The van der Waals surface area contributed by atoms with Gasteiger partial charge in [0.1, 0.15) is 17.2 Å². The fourth-order valence-electron chi connectivity index (χ4n) is 4.21. The Balaban J connectivity index is 1.52. The fourth-order valence-corrected chi connectivity index (χ4v) is 4.21. The summed E-state index contributed by atoms with van der Waals surface area (Å²) in [6.45, 7) is 1.55. The molecule has 0 aromatic heterocycles. The van der Waals surface area contributed by atoms with Crippen LogP contribution in [0.25, 0.3) is 0 Å². The molecule has 0 radical (unpaired) electrons. The molecular weight excluding hydrogens is 434 g/mol. The molecule has 0 aliphatic rings. The minimum atomic E-state index is 0.775. The van der Waals surface area contributed by atoms with E-state index in [9.17, 15) is 0 Å². The van der Waals surface area contributed by atoms with Crippen molar-refractivity contribution in [3.8, 4) is 17.2 Å². The van der Waals surface area contributed by atoms with Gasteiger partial charge in [-0.15, -0.1) is 0 Å². The molecule has 4 nitrogen and oxygen atoms in total. The van der Waals surface area contributed by atoms with Crippen LogP contribution in [0.15, 0.2) is 97.1 Å². The first-order valence-corrected chi connectivity index (χ1v) is 11.9. The van der Waals surface area contributed by atoms with Crippen LogP contribution in [0.1, 0.15) is 22.3 Å². The number of hydrogen-bond acceptors (Lipinski definition) is 4. The third kappa shape index (κ3) is 6.80. The minimum absolute atomic E-state index is 0.775. The Kier molecular flexibility index (Phi) is 8.29. The third-order valence-electron chi connectivity index (χ3n) is 6.15. The van der Waals surface area contributed by atoms with E-state index in [1.54, 1.807) is 21.3 Å². The molecule has 4 aromatic carbocycles. The summed E-state index contributed by atoms with van der Waals surface area (Å²) in [6, 6.07) is 33.7. The highest BCUT2D eigenvalue weighted by Gasteiger charge is 2.11. The third-order valence-corrected chi connectivity index (χ3v) is 6.15. The lowest BCUT2D eigenvalue weighted by Crippen LogP contribution is -2.22. The number of ether oxygens (including phenoxy) is 3. The lowest BCUT2D eigenvalue weighted by Gasteiger charge is -2.26. The quantitative estimate of drug-likeness (QED) is 0.245. The fraction of sp³-hybridized carbons (Fsp3) is 0.226. The van der Waals surface area contributed by atoms with E-state index in [0.717, 1.165) is 43.2 Å². The van der Waals surface area contributed by atoms with Crippen LogP contribution < -0.4 is 19.1 Å². The number of aryl methyl sites for hydroxylation is 2. The highest BCUT2D eigenvalue weighted by atomic mass is 16.5. The molecule has 0 aliphatic carbocycles. The van der Waals surface area contributed by atoms with Crippen molar-refractivity contribution in [3.63, 3.8) is 0 Å². The van der Waals surface area contributed by atoms with Crippen LogP contribution in [-0.4, -0.2) is 21.3 Å². The van der Waals surface area contributed by atoms with Gasteiger partial charge in [-0.3, -0.25) is 0 Å². The maximum absolute atomic E-state index is 5.44. The second kappa shape index (κ2) is 12.0. The molecular formula is C31H33NO3. The Bertz CT molecular complexity index is 1170. The lowest BCUT2D eigenvalue weighted by atomic mass is 10.0. The molecule has 0 amide bonds. The molecule has 0 saturated heterocycles. The van der Waals surface area contributed by atoms with E-state index in [2.05, 4.69) is 65.6 Å². The van der Waals surface area contributed by atoms with E-state index >= 15 is 0 Å². The number of methoxy groups -OCH3 is 3. The van der Waals surface area contributed by atoms with Gasteiger partial charge in [-0.05, 0) is 83.6 Å². The predicted octanol–water partition coefficient (Wildman–Crippen LogP) is 6.70. The maximum Gasteiger partial charge on any atom is 0.119 e. The summed E-state index contributed by atoms with van der Waals surface area (Å²) in [4.78, 5) is 2.38. The Labute approximate surface area is 208 Å². The predicted molar refractivity (Wildman–Crippen MR) is 143 cm³/mol. The molecule has 0 spiro atoms. The van der Waals surface area contributed by atoms with E-state index < -0.39 is 0 Å². The van der Waals surface area contributed by atoms with Gasteiger partial charge in [0.25, 0.3) is 0 Å². The molecule has 0 heterocycles. The highest BCUT2D eigenvalue weighted by molar-refractivity contribution is 5.50. The number of hydrogen-bond donors (Lipinski definition) is 0. The van der Waals surface area contributed by atoms with Crippen LogP contribution in [0.4, 0.5) is 5.69 Å². The first-order chi connectivity index (χ1) is 17.2. The maximum atomic E-state index is 5.44. The zero-order valence-electron chi connectivity index (χ0n) is 20.7. The van der Waals surface area contributed by atoms with Crippen LogP contribution in [0, 0.1) is 0 Å². The first kappa shape index (κ1) is 24.2. The second-order valence-corrected chi connectivity index (χ2v) is 8.58. The van der Waals surface area contributed by atoms with E-state index in [1.807, 2.05) is 36.4 Å². The van der Waals surface area contributed by atoms with Crippen molar-refractivity contribution in [2.45, 2.75) is 25.9 Å². The molecule has 35 heavy (non-hydrogen) atoms. The Morgan fingerprint density at radius 1 is 0.486 bits per heavy atom. The Hall–Kier alpha value is -3.92. The van der Waals surface area contributed by atoms with E-state index in [0.29, 0.717) is 0 Å². The summed E-state index contributed by atoms with van der Waals surface area (Å²) >= 11 is 0. The van der Waals surface area contributed by atoms with Crippen molar-refractivity contribution in [1.82, 2.24) is 0 Å². The number of rotatable bonds is 11. The average molecular weight is 468 g/mol. The highest BCUT2D eigenvalue weighted by Crippen LogP contribution is 2.25. The van der Waals surface area contributed by atoms with Crippen molar-refractivity contribution in [3.05, 3.63) is 119 Å². The van der Waals surface area contributed by atoms with Gasteiger partial charge in [-0.2, -0.15) is 0 Å². The normalized spacial score (nSPS) is 10.6. The van der Waals surface area contributed by atoms with Gasteiger partial charge in [0.15, 0.2) is 0 Å². The molecule has 0 bridgehead atoms. The summed E-state index contributed by atoms with van der Waals surface area (Å²) in [5, 5.41) is 0. The van der Waals surface area contributed by atoms with Gasteiger partial charge < -0.3 is 19.1 Å². The molecule has 0 N–H and O–H groups in total. The van der Waals surface area contributed by atoms with Crippen molar-refractivity contribution >= 4 is 5.69 Å². The summed E-state index contributed by atoms with van der Waals surface area (Å²) in [7, 11) is 5.12. The topological polar surface area (TPSA) is 30.9 Å². The zero-order valence-corrected chi connectivity index (χ0v) is 20.7. The molecule has 0 fully saturated rings. The van der Waals surface area contributed by atoms with E-state index in [-0.39, 0.29) is 0 Å². The number of anilines is 1. The zero-order chi connectivity index (χ0) is 24.5. The number of nitrogens with zero attached hydrogens (tertiary/aromatic N) is 1. The lowest BCUT2D eigenvalue weighted by molar-refractivity contribution is 0.414. The molecule has 0 atom stereocenters. The summed E-state index contributed by atoms with van der Waals surface area (Å²) in [6.07, 6.45) is 1.97. The van der Waals surface area contributed by atoms with Crippen molar-refractivity contribution < 1.29 is 14.2 Å². The molecule has 0 saturated carbocycles. The Morgan fingerprint density at radius 3 is 1.40 bits per heavy atom. The van der Waals surface area contributed by atoms with E-state index in [4.69, 9.17) is 14.2 Å². The first-order valence-electron chi connectivity index (χ1n) is 11.9. The largest absolute Gasteiger partial charge is 0.497 e. The van der Waals surface area contributed by atoms with Gasteiger partial charge in [0.05, 0.1) is 21.3 Å². The summed E-state index contributed by atoms with van der Waals surface area (Å²) in [5.41, 5.74) is 6.19. The second-order valence-electron chi connectivity index (χ2n) is 8.58. The van der Waals surface area contributed by atoms with Gasteiger partial charge in [0, 0.05) is 18.8 Å². The van der Waals surface area contributed by atoms with Crippen LogP contribution in [-0.2, 0) is 25.9 Å². The molecule has 4 heteroatoms. The monoisotopic (exact) mass is 467 g/mol. The molecule has 0 unspecified atom stereocenters. The molecule has 4 rings (SSSR count). The van der Waals surface area contributed by atoms with Crippen molar-refractivity contribution in [2.24, 2.45) is 0 Å². The van der Waals surface area contributed by atoms with Gasteiger partial charge >= 0.3 is 0 Å². The summed E-state index contributed by atoms with van der Waals surface area (Å²) in [5.74, 6) is 2.65. The van der Waals surface area contributed by atoms with Gasteiger partial charge in [0.2, 0.25) is 0 Å². The number of benzene rings is 4. The standard InChI is InChI=1S/C31H33NO3/c1-33-29-10-4-7-25(19-29)14-13-24-15-17-28(18-16-24)32(22-26-8-5-11-30(20-26)34-2)23-27-9-6-12-31(21-27)35-3/h4-12,15-21H,13-14,22-23H2,1-3H3. The molecule has 0 aliphatic heterocycles. The van der Waals surface area contributed by atoms with Gasteiger partial charge in [-0.1, -0.05) is 48.5 Å². The molecule has 4 aromatic rings. The molecule has 180 valence electrons. The van der Waals surface area contributed by atoms with Crippen LogP contribution >= 0.6 is 0 Å². The average Bonchev–Trinajstić information content (AvgIpc) is 2.92. The smallest absolute Gasteiger partial charge is 0.119 e. The van der Waals surface area contributed by atoms with Crippen LogP contribution in [0.5, 0.6) is 17.2 Å². The van der Waals surface area contributed by atoms with Crippen LogP contribution in [0.2, 0.25) is 0 Å². The van der Waals surface area contributed by atoms with E-state index in [1.165, 1.54) is 27.9 Å². The van der Waals surface area contributed by atoms with Crippen molar-refractivity contribution in [1.29, 1.82) is 0 Å². The van der Waals surface area contributed by atoms with Gasteiger partial charge in [-0.25, -0.2) is 0 Å². The van der Waals surface area contributed by atoms with Crippen molar-refractivity contribution in [2.75, 3.05) is 26.2 Å². The minimum Gasteiger partial charge on any atom is -0.497 e. The summed E-state index contributed by atoms with van der Waals surface area (Å²) < 4.78 is 16.2. The SMILES string of the molecule is COc1cccc(CCc2ccc(N(Cc3cccc(OC)c3)Cc3cccc(OC)c3)cc2)c1. The Morgan fingerprint density at radius 2 is 0.914 bits per heavy atom. The van der Waals surface area contributed by atoms with Crippen LogP contribution in [0.3, 0.4) is 0 Å².